The summed E-state index contributed by atoms with van der Waals surface area (Å²) in [6.07, 6.45) is 0. The third-order valence-electron chi connectivity index (χ3n) is 1.43. The van der Waals surface area contributed by atoms with Crippen LogP contribution in [0.3, 0.4) is 0 Å². The summed E-state index contributed by atoms with van der Waals surface area (Å²) in [5.41, 5.74) is 0. The van der Waals surface area contributed by atoms with Gasteiger partial charge in [-0.1, -0.05) is 0 Å². The highest BCUT2D eigenvalue weighted by molar-refractivity contribution is 6.32. The molecule has 3 nitrogen and oxygen atoms in total. The molecule has 1 aromatic carbocycles. The molecule has 0 amide bonds. The lowest BCUT2D eigenvalue weighted by Crippen LogP contribution is -2.20. The molecule has 0 radical (unpaired) electrons. The Bertz CT molecular complexity index is 281. The molecule has 90 valence electrons. The topological polar surface area (TPSA) is 60.7 Å². The van der Waals surface area contributed by atoms with Crippen molar-refractivity contribution in [3.8, 4) is 0 Å². The van der Waals surface area contributed by atoms with Crippen LogP contribution in [0.5, 0.6) is 0 Å². The molecule has 0 fully saturated rings. The first-order chi connectivity index (χ1) is 7.20. The minimum absolute atomic E-state index is 0.223. The molecule has 0 saturated heterocycles. The zero-order valence-corrected chi connectivity index (χ0v) is 9.81. The molecule has 10 heteroatoms. The molecule has 0 aliphatic heterocycles. The van der Waals surface area contributed by atoms with E-state index in [1.807, 2.05) is 0 Å². The van der Waals surface area contributed by atoms with E-state index in [9.17, 15) is 22.0 Å². The molecule has 0 aliphatic carbocycles. The van der Waals surface area contributed by atoms with E-state index < -0.39 is 41.6 Å². The lowest BCUT2D eigenvalue weighted by molar-refractivity contribution is 0.278. The van der Waals surface area contributed by atoms with Gasteiger partial charge in [0.2, 0.25) is 5.82 Å². The van der Waals surface area contributed by atoms with Crippen LogP contribution in [0.2, 0.25) is 0 Å². The van der Waals surface area contributed by atoms with E-state index in [0.717, 1.165) is 0 Å². The van der Waals surface area contributed by atoms with Crippen LogP contribution in [0.15, 0.2) is 0 Å². The van der Waals surface area contributed by atoms with Gasteiger partial charge < -0.3 is 15.1 Å². The SMILES string of the molecule is Fc1c(F)c(F)c([SiH3])c(F)c1F.OB(O)O. The maximum absolute atomic E-state index is 12.4. The third kappa shape index (κ3) is 3.56. The normalized spacial score (nSPS) is 9.75. The summed E-state index contributed by atoms with van der Waals surface area (Å²) in [7, 11) is -2.39. The summed E-state index contributed by atoms with van der Waals surface area (Å²) in [4.78, 5) is 0. The summed E-state index contributed by atoms with van der Waals surface area (Å²) < 4.78 is 61.7. The van der Waals surface area contributed by atoms with E-state index in [4.69, 9.17) is 15.1 Å². The van der Waals surface area contributed by atoms with Crippen molar-refractivity contribution in [3.63, 3.8) is 0 Å². The van der Waals surface area contributed by atoms with Crippen LogP contribution in [-0.2, 0) is 0 Å². The molecule has 0 unspecified atom stereocenters. The number of benzene rings is 1. The standard InChI is InChI=1S/C6H3F5Si.BH3O3/c7-1-2(8)4(10)6(12)5(11)3(1)9;2-1(3)4/h12H3;2-4H. The number of halogens is 5. The summed E-state index contributed by atoms with van der Waals surface area (Å²) in [6.45, 7) is 0. The predicted molar refractivity (Wildman–Crippen MR) is 48.2 cm³/mol. The van der Waals surface area contributed by atoms with Gasteiger partial charge in [-0.3, -0.25) is 0 Å². The fourth-order valence-electron chi connectivity index (χ4n) is 0.715. The van der Waals surface area contributed by atoms with Crippen LogP contribution in [0.25, 0.3) is 0 Å². The van der Waals surface area contributed by atoms with Crippen LogP contribution in [-0.4, -0.2) is 32.6 Å². The summed E-state index contributed by atoms with van der Waals surface area (Å²) in [5, 5.41) is 20.8. The average molecular weight is 260 g/mol. The van der Waals surface area contributed by atoms with Gasteiger partial charge >= 0.3 is 7.32 Å². The van der Waals surface area contributed by atoms with Gasteiger partial charge in [-0.2, -0.15) is 0 Å². The zero-order chi connectivity index (χ0) is 13.0. The van der Waals surface area contributed by atoms with Crippen LogP contribution >= 0.6 is 0 Å². The molecule has 0 saturated carbocycles. The maximum Gasteiger partial charge on any atom is 0.631 e. The summed E-state index contributed by atoms with van der Waals surface area (Å²) >= 11 is 0. The molecule has 0 bridgehead atoms. The van der Waals surface area contributed by atoms with E-state index in [2.05, 4.69) is 0 Å². The van der Waals surface area contributed by atoms with Crippen molar-refractivity contribution in [1.82, 2.24) is 0 Å². The Labute approximate surface area is 89.7 Å². The van der Waals surface area contributed by atoms with E-state index >= 15 is 0 Å². The lowest BCUT2D eigenvalue weighted by Gasteiger charge is -2.02. The van der Waals surface area contributed by atoms with Gasteiger partial charge in [-0.05, 0) is 0 Å². The van der Waals surface area contributed by atoms with Gasteiger partial charge in [-0.15, -0.1) is 0 Å². The van der Waals surface area contributed by atoms with Crippen molar-refractivity contribution < 1.29 is 37.0 Å². The second kappa shape index (κ2) is 5.94. The van der Waals surface area contributed by atoms with Gasteiger partial charge in [0.05, 0.1) is 0 Å². The van der Waals surface area contributed by atoms with Gasteiger partial charge in [0, 0.05) is 15.4 Å². The maximum atomic E-state index is 12.4. The van der Waals surface area contributed by atoms with E-state index in [-0.39, 0.29) is 10.2 Å². The molecule has 16 heavy (non-hydrogen) atoms. The van der Waals surface area contributed by atoms with Crippen molar-refractivity contribution >= 4 is 22.8 Å². The number of rotatable bonds is 0. The summed E-state index contributed by atoms with van der Waals surface area (Å²) in [6, 6.07) is 0. The Morgan fingerprint density at radius 1 is 0.688 bits per heavy atom. The Morgan fingerprint density at radius 3 is 1.12 bits per heavy atom. The highest BCUT2D eigenvalue weighted by Gasteiger charge is 2.22. The largest absolute Gasteiger partial charge is 0.631 e. The first-order valence-electron chi connectivity index (χ1n) is 3.72. The van der Waals surface area contributed by atoms with Gasteiger partial charge in [0.1, 0.15) is 0 Å². The van der Waals surface area contributed by atoms with Gasteiger partial charge in [0.15, 0.2) is 23.3 Å². The molecule has 1 rings (SSSR count). The zero-order valence-electron chi connectivity index (χ0n) is 7.81. The van der Waals surface area contributed by atoms with Crippen molar-refractivity contribution in [3.05, 3.63) is 29.1 Å². The minimum atomic E-state index is -2.17. The fourth-order valence-corrected chi connectivity index (χ4v) is 1.15. The van der Waals surface area contributed by atoms with Crippen molar-refractivity contribution in [2.45, 2.75) is 0 Å². The Morgan fingerprint density at radius 2 is 0.875 bits per heavy atom. The van der Waals surface area contributed by atoms with Crippen molar-refractivity contribution in [2.75, 3.05) is 0 Å². The second-order valence-electron chi connectivity index (χ2n) is 2.54. The monoisotopic (exact) mass is 260 g/mol. The van der Waals surface area contributed by atoms with Crippen molar-refractivity contribution in [2.24, 2.45) is 0 Å². The van der Waals surface area contributed by atoms with Crippen LogP contribution in [0.1, 0.15) is 0 Å². The molecule has 3 N–H and O–H groups in total. The molecule has 0 heterocycles. The Balaban J connectivity index is 0.000000487. The molecule has 1 aromatic rings. The minimum Gasteiger partial charge on any atom is -0.402 e. The van der Waals surface area contributed by atoms with Crippen LogP contribution in [0.4, 0.5) is 22.0 Å². The first kappa shape index (κ1) is 15.0. The quantitative estimate of drug-likeness (QED) is 0.226. The third-order valence-corrected chi connectivity index (χ3v) is 2.31. The number of hydrogen-bond donors (Lipinski definition) is 3. The molecular weight excluding hydrogens is 254 g/mol. The van der Waals surface area contributed by atoms with Crippen LogP contribution in [0, 0.1) is 29.1 Å². The van der Waals surface area contributed by atoms with E-state index in [1.165, 1.54) is 0 Å². The smallest absolute Gasteiger partial charge is 0.402 e. The molecule has 0 aliphatic rings. The summed E-state index contributed by atoms with van der Waals surface area (Å²) in [5.74, 6) is -9.31. The average Bonchev–Trinajstić information content (AvgIpc) is 2.20. The van der Waals surface area contributed by atoms with Gasteiger partial charge in [-0.25, -0.2) is 22.0 Å². The highest BCUT2D eigenvalue weighted by Crippen LogP contribution is 2.14. The van der Waals surface area contributed by atoms with E-state index in [1.54, 1.807) is 0 Å². The molecular formula is C6H6BF5O3Si. The van der Waals surface area contributed by atoms with E-state index in [0.29, 0.717) is 0 Å². The lowest BCUT2D eigenvalue weighted by atomic mass is 10.3. The number of hydrogen-bond acceptors (Lipinski definition) is 3. The molecule has 0 atom stereocenters. The van der Waals surface area contributed by atoms with Gasteiger partial charge in [0.25, 0.3) is 0 Å². The fraction of sp³-hybridized carbons (Fsp3) is 0. The predicted octanol–water partition coefficient (Wildman–Crippen LogP) is -1.68. The Kier molecular flexibility index (Phi) is 5.58. The van der Waals surface area contributed by atoms with Crippen LogP contribution < -0.4 is 5.19 Å². The second-order valence-corrected chi connectivity index (χ2v) is 3.54. The first-order valence-corrected chi connectivity index (χ1v) is 4.72. The molecule has 0 spiro atoms. The molecule has 0 aromatic heterocycles. The Hall–Kier alpha value is -0.968. The van der Waals surface area contributed by atoms with Crippen molar-refractivity contribution in [1.29, 1.82) is 0 Å². The highest BCUT2D eigenvalue weighted by atomic mass is 28.1.